The molecule has 0 saturated carbocycles. The van der Waals surface area contributed by atoms with Crippen LogP contribution in [0.25, 0.3) is 16.3 Å². The molecule has 1 unspecified atom stereocenters. The van der Waals surface area contributed by atoms with Crippen molar-refractivity contribution in [2.24, 2.45) is 0 Å². The van der Waals surface area contributed by atoms with Crippen LogP contribution in [0.3, 0.4) is 0 Å². The van der Waals surface area contributed by atoms with E-state index in [4.69, 9.17) is 16.1 Å². The van der Waals surface area contributed by atoms with E-state index in [2.05, 4.69) is 25.1 Å². The number of piperidine rings is 1. The molecular weight excluding hydrogens is 400 g/mol. The van der Waals surface area contributed by atoms with Gasteiger partial charge in [0.1, 0.15) is 0 Å². The van der Waals surface area contributed by atoms with Crippen LogP contribution in [0.1, 0.15) is 24.7 Å². The van der Waals surface area contributed by atoms with Crippen LogP contribution in [0.15, 0.2) is 45.8 Å². The van der Waals surface area contributed by atoms with Gasteiger partial charge in [-0.3, -0.25) is 4.79 Å². The molecule has 1 atom stereocenters. The second-order valence-corrected chi connectivity index (χ2v) is 7.98. The highest BCUT2D eigenvalue weighted by Crippen LogP contribution is 2.32. The Labute approximate surface area is 168 Å². The van der Waals surface area contributed by atoms with E-state index < -0.39 is 0 Å². The second kappa shape index (κ2) is 6.99. The van der Waals surface area contributed by atoms with Crippen LogP contribution >= 0.6 is 22.9 Å². The Morgan fingerprint density at radius 1 is 1.21 bits per heavy atom. The lowest BCUT2D eigenvalue weighted by atomic mass is 9.98. The van der Waals surface area contributed by atoms with Gasteiger partial charge in [0.2, 0.25) is 21.8 Å². The molecule has 10 heteroatoms. The van der Waals surface area contributed by atoms with Crippen LogP contribution in [0.4, 0.5) is 5.13 Å². The van der Waals surface area contributed by atoms with Crippen molar-refractivity contribution in [2.75, 3.05) is 18.0 Å². The van der Waals surface area contributed by atoms with Crippen LogP contribution in [-0.4, -0.2) is 37.8 Å². The lowest BCUT2D eigenvalue weighted by Crippen LogP contribution is -2.34. The highest BCUT2D eigenvalue weighted by molar-refractivity contribution is 7.20. The molecule has 0 radical (unpaired) electrons. The van der Waals surface area contributed by atoms with E-state index in [0.717, 1.165) is 30.1 Å². The van der Waals surface area contributed by atoms with E-state index >= 15 is 0 Å². The Morgan fingerprint density at radius 2 is 2.07 bits per heavy atom. The van der Waals surface area contributed by atoms with Gasteiger partial charge in [0.15, 0.2) is 0 Å². The molecule has 1 saturated heterocycles. The second-order valence-electron chi connectivity index (χ2n) is 6.61. The van der Waals surface area contributed by atoms with Crippen molar-refractivity contribution < 1.29 is 4.52 Å². The van der Waals surface area contributed by atoms with Crippen molar-refractivity contribution >= 4 is 33.0 Å². The maximum atomic E-state index is 11.9. The normalized spacial score (nSPS) is 17.3. The van der Waals surface area contributed by atoms with Gasteiger partial charge in [0.05, 0.1) is 5.92 Å². The summed E-state index contributed by atoms with van der Waals surface area (Å²) in [6.07, 6.45) is 3.44. The molecule has 4 heterocycles. The standard InChI is InChI=1S/C18H15ClN6O2S/c19-13-5-3-11(4-6-13)15-21-16(27-23-15)12-2-1-9-24(10-12)18-22-25-14(26)7-8-20-17(25)28-18/h3-8,12H,1-2,9-10H2. The molecule has 3 aromatic heterocycles. The zero-order chi connectivity index (χ0) is 19.1. The quantitative estimate of drug-likeness (QED) is 0.508. The fourth-order valence-corrected chi connectivity index (χ4v) is 4.37. The highest BCUT2D eigenvalue weighted by atomic mass is 35.5. The van der Waals surface area contributed by atoms with Crippen molar-refractivity contribution in [3.63, 3.8) is 0 Å². The number of nitrogens with zero attached hydrogens (tertiary/aromatic N) is 6. The minimum atomic E-state index is -0.175. The predicted octanol–water partition coefficient (Wildman–Crippen LogP) is 3.24. The van der Waals surface area contributed by atoms with Gasteiger partial charge in [0, 0.05) is 35.9 Å². The van der Waals surface area contributed by atoms with Crippen molar-refractivity contribution in [1.82, 2.24) is 24.7 Å². The number of rotatable bonds is 3. The summed E-state index contributed by atoms with van der Waals surface area (Å²) in [5.41, 5.74) is 0.689. The molecule has 1 aliphatic heterocycles. The molecule has 142 valence electrons. The van der Waals surface area contributed by atoms with E-state index in [1.165, 1.54) is 28.1 Å². The van der Waals surface area contributed by atoms with Gasteiger partial charge < -0.3 is 9.42 Å². The number of fused-ring (bicyclic) bond motifs is 1. The lowest BCUT2D eigenvalue weighted by molar-refractivity contribution is 0.333. The van der Waals surface area contributed by atoms with Gasteiger partial charge in [-0.25, -0.2) is 4.98 Å². The first-order valence-electron chi connectivity index (χ1n) is 8.87. The molecule has 0 N–H and O–H groups in total. The third-order valence-electron chi connectivity index (χ3n) is 4.75. The number of halogens is 1. The molecule has 1 aliphatic rings. The summed E-state index contributed by atoms with van der Waals surface area (Å²) in [5.74, 6) is 1.28. The molecule has 0 amide bonds. The summed E-state index contributed by atoms with van der Waals surface area (Å²) in [7, 11) is 0. The Kier molecular flexibility index (Phi) is 4.33. The fraction of sp³-hybridized carbons (Fsp3) is 0.278. The van der Waals surface area contributed by atoms with Crippen LogP contribution in [0.2, 0.25) is 5.02 Å². The van der Waals surface area contributed by atoms with Gasteiger partial charge in [0.25, 0.3) is 5.56 Å². The largest absolute Gasteiger partial charge is 0.346 e. The Bertz CT molecular complexity index is 1180. The molecule has 8 nitrogen and oxygen atoms in total. The van der Waals surface area contributed by atoms with Crippen LogP contribution in [0.5, 0.6) is 0 Å². The monoisotopic (exact) mass is 414 g/mol. The van der Waals surface area contributed by atoms with Crippen LogP contribution in [0, 0.1) is 0 Å². The van der Waals surface area contributed by atoms with Crippen LogP contribution < -0.4 is 10.5 Å². The van der Waals surface area contributed by atoms with Crippen molar-refractivity contribution in [3.05, 3.63) is 57.8 Å². The van der Waals surface area contributed by atoms with Gasteiger partial charge in [-0.2, -0.15) is 9.50 Å². The minimum absolute atomic E-state index is 0.110. The maximum Gasteiger partial charge on any atom is 0.275 e. The topological polar surface area (TPSA) is 89.4 Å². The minimum Gasteiger partial charge on any atom is -0.346 e. The molecule has 0 aliphatic carbocycles. The molecule has 0 spiro atoms. The van der Waals surface area contributed by atoms with Crippen molar-refractivity contribution in [3.8, 4) is 11.4 Å². The Morgan fingerprint density at radius 3 is 2.89 bits per heavy atom. The summed E-state index contributed by atoms with van der Waals surface area (Å²) >= 11 is 7.35. The Hall–Kier alpha value is -2.78. The average Bonchev–Trinajstić information content (AvgIpc) is 3.37. The third-order valence-corrected chi connectivity index (χ3v) is 5.98. The molecule has 0 bridgehead atoms. The molecule has 28 heavy (non-hydrogen) atoms. The van der Waals surface area contributed by atoms with Gasteiger partial charge in [-0.05, 0) is 37.1 Å². The zero-order valence-corrected chi connectivity index (χ0v) is 16.2. The number of hydrogen-bond acceptors (Lipinski definition) is 8. The number of benzene rings is 1. The average molecular weight is 415 g/mol. The van der Waals surface area contributed by atoms with E-state index in [9.17, 15) is 4.79 Å². The molecule has 1 fully saturated rings. The lowest BCUT2D eigenvalue weighted by Gasteiger charge is -2.30. The number of anilines is 1. The zero-order valence-electron chi connectivity index (χ0n) is 14.7. The summed E-state index contributed by atoms with van der Waals surface area (Å²) in [6.45, 7) is 1.57. The van der Waals surface area contributed by atoms with E-state index in [1.54, 1.807) is 12.1 Å². The van der Waals surface area contributed by atoms with E-state index in [1.807, 2.05) is 12.1 Å². The molecule has 5 rings (SSSR count). The molecule has 4 aromatic rings. The maximum absolute atomic E-state index is 11.9. The number of hydrogen-bond donors (Lipinski definition) is 0. The smallest absolute Gasteiger partial charge is 0.275 e. The first-order valence-corrected chi connectivity index (χ1v) is 10.1. The molecule has 1 aromatic carbocycles. The van der Waals surface area contributed by atoms with E-state index in [-0.39, 0.29) is 11.5 Å². The van der Waals surface area contributed by atoms with Gasteiger partial charge >= 0.3 is 0 Å². The van der Waals surface area contributed by atoms with Crippen molar-refractivity contribution in [2.45, 2.75) is 18.8 Å². The summed E-state index contributed by atoms with van der Waals surface area (Å²) in [5, 5.41) is 9.99. The Balaban J connectivity index is 1.39. The molecular formula is C18H15ClN6O2S. The summed E-state index contributed by atoms with van der Waals surface area (Å²) in [4.78, 5) is 23.5. The highest BCUT2D eigenvalue weighted by Gasteiger charge is 2.28. The first kappa shape index (κ1) is 17.3. The number of aromatic nitrogens is 5. The van der Waals surface area contributed by atoms with Crippen LogP contribution in [-0.2, 0) is 0 Å². The summed E-state index contributed by atoms with van der Waals surface area (Å²) < 4.78 is 6.89. The summed E-state index contributed by atoms with van der Waals surface area (Å²) in [6, 6.07) is 8.76. The van der Waals surface area contributed by atoms with Gasteiger partial charge in [-0.1, -0.05) is 28.1 Å². The van der Waals surface area contributed by atoms with Gasteiger partial charge in [-0.15, -0.1) is 5.10 Å². The third kappa shape index (κ3) is 3.16. The predicted molar refractivity (Wildman–Crippen MR) is 106 cm³/mol. The first-order chi connectivity index (χ1) is 13.7. The fourth-order valence-electron chi connectivity index (χ4n) is 3.33. The SMILES string of the molecule is O=c1ccnc2sc(N3CCCC(c4nc(-c5ccc(Cl)cc5)no4)C3)nn12. The van der Waals surface area contributed by atoms with Crippen molar-refractivity contribution in [1.29, 1.82) is 0 Å². The van der Waals surface area contributed by atoms with E-state index in [0.29, 0.717) is 28.2 Å².